The molecule has 0 bridgehead atoms. The summed E-state index contributed by atoms with van der Waals surface area (Å²) in [5.41, 5.74) is 0. The van der Waals surface area contributed by atoms with E-state index in [9.17, 15) is 19.8 Å². The molecule has 0 aromatic carbocycles. The maximum atomic E-state index is 13.2. The molecule has 0 heterocycles. The van der Waals surface area contributed by atoms with Crippen LogP contribution in [-0.2, 0) is 14.3 Å². The lowest BCUT2D eigenvalue weighted by Crippen LogP contribution is -2.46. The van der Waals surface area contributed by atoms with E-state index in [4.69, 9.17) is 4.74 Å². The van der Waals surface area contributed by atoms with E-state index in [0.29, 0.717) is 19.3 Å². The molecule has 0 rings (SSSR count). The van der Waals surface area contributed by atoms with Gasteiger partial charge in [-0.05, 0) is 70.6 Å². The number of nitrogens with one attached hydrogen (secondary N) is 1. The molecule has 6 nitrogen and oxygen atoms in total. The highest BCUT2D eigenvalue weighted by molar-refractivity contribution is 5.77. The third-order valence-corrected chi connectivity index (χ3v) is 12.2. The molecular weight excluding hydrogens is 767 g/mol. The summed E-state index contributed by atoms with van der Waals surface area (Å²) in [5.74, 6) is -0.524. The smallest absolute Gasteiger partial charge is 0.306 e. The zero-order valence-corrected chi connectivity index (χ0v) is 41.3. The lowest BCUT2D eigenvalue weighted by molar-refractivity contribution is -0.151. The van der Waals surface area contributed by atoms with Gasteiger partial charge in [-0.3, -0.25) is 9.59 Å². The summed E-state index contributed by atoms with van der Waals surface area (Å²) in [5, 5.41) is 23.8. The highest BCUT2D eigenvalue weighted by Crippen LogP contribution is 2.17. The minimum absolute atomic E-state index is 0.0423. The van der Waals surface area contributed by atoms with Crippen molar-refractivity contribution in [2.24, 2.45) is 0 Å². The van der Waals surface area contributed by atoms with Crippen molar-refractivity contribution in [3.8, 4) is 0 Å². The van der Waals surface area contributed by atoms with Crippen molar-refractivity contribution < 1.29 is 24.5 Å². The number of unbranched alkanes of at least 4 members (excludes halogenated alkanes) is 29. The molecule has 0 radical (unpaired) electrons. The minimum atomic E-state index is -0.800. The number of amides is 1. The highest BCUT2D eigenvalue weighted by atomic mass is 16.5. The molecule has 0 aromatic rings. The number of carbonyl (C=O) groups excluding carboxylic acids is 2. The van der Waals surface area contributed by atoms with Crippen LogP contribution in [0.1, 0.15) is 271 Å². The Kier molecular flexibility index (Phi) is 48.1. The standard InChI is InChI=1S/C56H103NO5/c1-4-7-10-13-16-19-22-25-28-30-33-36-39-42-45-48-54(59)53(51-58)57-55(60)50-52(47-44-41-38-35-32-29-26-23-20-17-14-11-8-5-2)62-56(61)49-46-43-40-37-34-31-27-24-21-18-15-12-9-6-3/h9,12,18,21,29,32,35,38,52-54,58-59H,4-8,10-11,13-17,19-20,22-28,30-31,33-34,36-37,39-51H2,1-3H3,(H,57,60)/b12-9+,21-18+,32-29+,38-35+. The first-order valence-electron chi connectivity index (χ1n) is 26.9. The van der Waals surface area contributed by atoms with Gasteiger partial charge in [0, 0.05) is 6.42 Å². The zero-order chi connectivity index (χ0) is 45.2. The van der Waals surface area contributed by atoms with Crippen molar-refractivity contribution in [1.29, 1.82) is 0 Å². The average molecular weight is 870 g/mol. The molecule has 0 spiro atoms. The first-order valence-corrected chi connectivity index (χ1v) is 26.9. The summed E-state index contributed by atoms with van der Waals surface area (Å²) in [6.07, 6.45) is 60.3. The predicted molar refractivity (Wildman–Crippen MR) is 269 cm³/mol. The van der Waals surface area contributed by atoms with Gasteiger partial charge in [-0.25, -0.2) is 0 Å². The number of carbonyl (C=O) groups is 2. The lowest BCUT2D eigenvalue weighted by Gasteiger charge is -2.24. The zero-order valence-electron chi connectivity index (χ0n) is 41.3. The Morgan fingerprint density at radius 3 is 1.44 bits per heavy atom. The molecule has 0 aromatic heterocycles. The van der Waals surface area contributed by atoms with E-state index in [1.165, 1.54) is 148 Å². The summed E-state index contributed by atoms with van der Waals surface area (Å²) in [4.78, 5) is 26.2. The Balaban J connectivity index is 4.61. The summed E-state index contributed by atoms with van der Waals surface area (Å²) in [6, 6.07) is -0.717. The van der Waals surface area contributed by atoms with E-state index < -0.39 is 18.2 Å². The van der Waals surface area contributed by atoms with Crippen LogP contribution >= 0.6 is 0 Å². The second-order valence-corrected chi connectivity index (χ2v) is 18.3. The Labute approximate surface area is 385 Å². The van der Waals surface area contributed by atoms with Gasteiger partial charge >= 0.3 is 5.97 Å². The van der Waals surface area contributed by atoms with Crippen LogP contribution in [-0.4, -0.2) is 46.9 Å². The normalized spacial score (nSPS) is 13.6. The molecule has 3 N–H and O–H groups in total. The molecule has 0 aliphatic heterocycles. The fourth-order valence-electron chi connectivity index (χ4n) is 8.11. The van der Waals surface area contributed by atoms with Crippen LogP contribution in [0.4, 0.5) is 0 Å². The first kappa shape index (κ1) is 59.8. The molecule has 6 heteroatoms. The van der Waals surface area contributed by atoms with Gasteiger partial charge in [0.15, 0.2) is 0 Å². The number of aliphatic hydroxyl groups is 2. The Morgan fingerprint density at radius 1 is 0.500 bits per heavy atom. The lowest BCUT2D eigenvalue weighted by atomic mass is 10.0. The SMILES string of the molecule is CC/C=C/C/C=C/CCCCCCCCCC(=O)OC(CCC/C=C/C=C/CCCCCCCCC)CC(=O)NC(CO)C(O)CCCCCCCCCCCCCCCCC. The van der Waals surface area contributed by atoms with Gasteiger partial charge in [0.25, 0.3) is 0 Å². The van der Waals surface area contributed by atoms with E-state index in [2.05, 4.69) is 74.7 Å². The van der Waals surface area contributed by atoms with E-state index in [0.717, 1.165) is 77.0 Å². The van der Waals surface area contributed by atoms with E-state index in [-0.39, 0.29) is 24.9 Å². The monoisotopic (exact) mass is 870 g/mol. The van der Waals surface area contributed by atoms with E-state index >= 15 is 0 Å². The van der Waals surface area contributed by atoms with Crippen LogP contribution in [0.3, 0.4) is 0 Å². The minimum Gasteiger partial charge on any atom is -0.462 e. The topological polar surface area (TPSA) is 95.9 Å². The largest absolute Gasteiger partial charge is 0.462 e. The van der Waals surface area contributed by atoms with Gasteiger partial charge in [0.2, 0.25) is 5.91 Å². The molecule has 0 saturated carbocycles. The quantitative estimate of drug-likeness (QED) is 0.0245. The second kappa shape index (κ2) is 49.8. The Bertz CT molecular complexity index is 1070. The number of hydrogen-bond donors (Lipinski definition) is 3. The van der Waals surface area contributed by atoms with Crippen molar-refractivity contribution in [3.05, 3.63) is 48.6 Å². The molecule has 1 amide bonds. The third-order valence-electron chi connectivity index (χ3n) is 12.2. The van der Waals surface area contributed by atoms with Gasteiger partial charge in [-0.2, -0.15) is 0 Å². The van der Waals surface area contributed by atoms with Crippen molar-refractivity contribution in [2.75, 3.05) is 6.61 Å². The molecule has 362 valence electrons. The maximum absolute atomic E-state index is 13.2. The van der Waals surface area contributed by atoms with Gasteiger partial charge < -0.3 is 20.3 Å². The van der Waals surface area contributed by atoms with Gasteiger partial charge in [0.05, 0.1) is 25.2 Å². The van der Waals surface area contributed by atoms with Crippen LogP contribution in [0, 0.1) is 0 Å². The van der Waals surface area contributed by atoms with E-state index in [1.54, 1.807) is 0 Å². The number of hydrogen-bond acceptors (Lipinski definition) is 5. The van der Waals surface area contributed by atoms with Gasteiger partial charge in [-0.15, -0.1) is 0 Å². The number of rotatable bonds is 48. The van der Waals surface area contributed by atoms with E-state index in [1.807, 2.05) is 0 Å². The molecule has 62 heavy (non-hydrogen) atoms. The number of esters is 1. The Hall–Kier alpha value is -2.18. The number of ether oxygens (including phenoxy) is 1. The molecule has 0 aliphatic carbocycles. The summed E-state index contributed by atoms with van der Waals surface area (Å²) in [7, 11) is 0. The summed E-state index contributed by atoms with van der Waals surface area (Å²) < 4.78 is 5.91. The second-order valence-electron chi connectivity index (χ2n) is 18.3. The first-order chi connectivity index (χ1) is 30.5. The Morgan fingerprint density at radius 2 is 0.935 bits per heavy atom. The fraction of sp³-hybridized carbons (Fsp3) is 0.821. The van der Waals surface area contributed by atoms with Crippen LogP contribution < -0.4 is 5.32 Å². The number of allylic oxidation sites excluding steroid dienone is 8. The molecular formula is C56H103NO5. The van der Waals surface area contributed by atoms with Gasteiger partial charge in [0.1, 0.15) is 6.10 Å². The van der Waals surface area contributed by atoms with Crippen LogP contribution in [0.5, 0.6) is 0 Å². The number of aliphatic hydroxyl groups excluding tert-OH is 2. The summed E-state index contributed by atoms with van der Waals surface area (Å²) >= 11 is 0. The van der Waals surface area contributed by atoms with Crippen molar-refractivity contribution in [1.82, 2.24) is 5.32 Å². The van der Waals surface area contributed by atoms with Crippen LogP contribution in [0.25, 0.3) is 0 Å². The van der Waals surface area contributed by atoms with Crippen LogP contribution in [0.2, 0.25) is 0 Å². The van der Waals surface area contributed by atoms with Gasteiger partial charge in [-0.1, -0.05) is 236 Å². The average Bonchev–Trinajstić information content (AvgIpc) is 3.26. The maximum Gasteiger partial charge on any atom is 0.306 e. The molecule has 0 fully saturated rings. The highest BCUT2D eigenvalue weighted by Gasteiger charge is 2.24. The van der Waals surface area contributed by atoms with Crippen molar-refractivity contribution >= 4 is 11.9 Å². The summed E-state index contributed by atoms with van der Waals surface area (Å²) in [6.45, 7) is 6.37. The molecule has 3 unspecified atom stereocenters. The molecule has 3 atom stereocenters. The molecule has 0 aliphatic rings. The van der Waals surface area contributed by atoms with Crippen molar-refractivity contribution in [2.45, 2.75) is 289 Å². The predicted octanol–water partition coefficient (Wildman–Crippen LogP) is 16.2. The third kappa shape index (κ3) is 44.4. The fourth-order valence-corrected chi connectivity index (χ4v) is 8.11. The molecule has 0 saturated heterocycles. The van der Waals surface area contributed by atoms with Crippen molar-refractivity contribution in [3.63, 3.8) is 0 Å². The van der Waals surface area contributed by atoms with Crippen LogP contribution in [0.15, 0.2) is 48.6 Å².